The fraction of sp³-hybridized carbons (Fsp3) is 0.400. The van der Waals surface area contributed by atoms with E-state index in [0.717, 1.165) is 24.3 Å². The molecule has 7 heteroatoms. The Balaban J connectivity index is 1.71. The molecule has 0 radical (unpaired) electrons. The summed E-state index contributed by atoms with van der Waals surface area (Å²) in [5.74, 6) is 0.115. The summed E-state index contributed by atoms with van der Waals surface area (Å²) in [6, 6.07) is 11.3. The fourth-order valence-electron chi connectivity index (χ4n) is 3.03. The molecule has 1 amide bonds. The predicted octanol–water partition coefficient (Wildman–Crippen LogP) is 1.01. The highest BCUT2D eigenvalue weighted by Gasteiger charge is 2.16. The lowest BCUT2D eigenvalue weighted by atomic mass is 10.2. The molecule has 2 heterocycles. The van der Waals surface area contributed by atoms with Gasteiger partial charge < -0.3 is 19.4 Å². The van der Waals surface area contributed by atoms with Crippen molar-refractivity contribution in [2.75, 3.05) is 33.4 Å². The number of amides is 1. The molecule has 1 aromatic carbocycles. The van der Waals surface area contributed by atoms with Gasteiger partial charge in [0.15, 0.2) is 5.75 Å². The molecule has 0 unspecified atom stereocenters. The number of pyridine rings is 1. The molecule has 3 rings (SSSR count). The van der Waals surface area contributed by atoms with Gasteiger partial charge in [0.25, 0.3) is 0 Å². The normalized spacial score (nSPS) is 14.7. The number of nitrogens with zero attached hydrogens (tertiary/aromatic N) is 2. The Hall–Kier alpha value is -2.64. The quantitative estimate of drug-likeness (QED) is 0.786. The van der Waals surface area contributed by atoms with E-state index in [-0.39, 0.29) is 23.6 Å². The van der Waals surface area contributed by atoms with E-state index >= 15 is 0 Å². The predicted molar refractivity (Wildman–Crippen MR) is 102 cm³/mol. The zero-order valence-electron chi connectivity index (χ0n) is 15.5. The smallest absolute Gasteiger partial charge is 0.240 e. The highest BCUT2D eigenvalue weighted by molar-refractivity contribution is 5.75. The third kappa shape index (κ3) is 5.42. The van der Waals surface area contributed by atoms with E-state index in [4.69, 9.17) is 9.47 Å². The second-order valence-electron chi connectivity index (χ2n) is 6.48. The number of benzene rings is 1. The maximum absolute atomic E-state index is 12.4. The first-order valence-corrected chi connectivity index (χ1v) is 9.04. The van der Waals surface area contributed by atoms with Crippen molar-refractivity contribution >= 4 is 5.91 Å². The Morgan fingerprint density at radius 2 is 1.96 bits per heavy atom. The minimum absolute atomic E-state index is 0.118. The van der Waals surface area contributed by atoms with Crippen molar-refractivity contribution in [1.82, 2.24) is 14.8 Å². The molecule has 0 atom stereocenters. The van der Waals surface area contributed by atoms with Gasteiger partial charge in [-0.1, -0.05) is 30.3 Å². The highest BCUT2D eigenvalue weighted by atomic mass is 16.5. The Morgan fingerprint density at radius 3 is 2.67 bits per heavy atom. The van der Waals surface area contributed by atoms with E-state index in [0.29, 0.717) is 26.3 Å². The Kier molecular flexibility index (Phi) is 6.62. The lowest BCUT2D eigenvalue weighted by molar-refractivity contribution is -0.121. The topological polar surface area (TPSA) is 72.8 Å². The Morgan fingerprint density at radius 1 is 1.22 bits per heavy atom. The van der Waals surface area contributed by atoms with Crippen LogP contribution in [0.5, 0.6) is 5.75 Å². The minimum Gasteiger partial charge on any atom is -0.491 e. The van der Waals surface area contributed by atoms with Crippen LogP contribution in [0.4, 0.5) is 0 Å². The number of hydrogen-bond donors (Lipinski definition) is 1. The van der Waals surface area contributed by atoms with E-state index in [1.165, 1.54) is 7.11 Å². The van der Waals surface area contributed by atoms with E-state index in [2.05, 4.69) is 10.2 Å². The third-order valence-electron chi connectivity index (χ3n) is 4.54. The van der Waals surface area contributed by atoms with Crippen LogP contribution in [-0.4, -0.2) is 48.8 Å². The zero-order valence-corrected chi connectivity index (χ0v) is 15.5. The average molecular weight is 371 g/mol. The molecule has 7 nitrogen and oxygen atoms in total. The van der Waals surface area contributed by atoms with Crippen LogP contribution in [-0.2, 0) is 29.2 Å². The van der Waals surface area contributed by atoms with Crippen LogP contribution >= 0.6 is 0 Å². The van der Waals surface area contributed by atoms with Gasteiger partial charge in [-0.15, -0.1) is 0 Å². The summed E-state index contributed by atoms with van der Waals surface area (Å²) < 4.78 is 12.3. The number of ether oxygens (including phenoxy) is 2. The first-order valence-electron chi connectivity index (χ1n) is 9.04. The van der Waals surface area contributed by atoms with Crippen LogP contribution in [0.2, 0.25) is 0 Å². The molecule has 1 saturated heterocycles. The SMILES string of the molecule is COc1cn(CC(=O)NCc2ccccc2)c(CN2CCOCC2)cc1=O. The molecule has 1 aromatic heterocycles. The number of carbonyl (C=O) groups is 1. The molecule has 0 aliphatic carbocycles. The molecular weight excluding hydrogens is 346 g/mol. The minimum atomic E-state index is -0.179. The van der Waals surface area contributed by atoms with Crippen LogP contribution in [0, 0.1) is 0 Å². The van der Waals surface area contributed by atoms with E-state index in [1.807, 2.05) is 30.3 Å². The molecule has 1 N–H and O–H groups in total. The van der Waals surface area contributed by atoms with Crippen molar-refractivity contribution < 1.29 is 14.3 Å². The summed E-state index contributed by atoms with van der Waals surface area (Å²) in [5, 5.41) is 2.92. The van der Waals surface area contributed by atoms with Gasteiger partial charge in [0.2, 0.25) is 11.3 Å². The first-order chi connectivity index (χ1) is 13.2. The number of morpholine rings is 1. The summed E-state index contributed by atoms with van der Waals surface area (Å²) >= 11 is 0. The molecule has 2 aromatic rings. The van der Waals surface area contributed by atoms with Crippen LogP contribution in [0.25, 0.3) is 0 Å². The van der Waals surface area contributed by atoms with E-state index in [9.17, 15) is 9.59 Å². The van der Waals surface area contributed by atoms with Gasteiger partial charge in [-0.3, -0.25) is 14.5 Å². The van der Waals surface area contributed by atoms with Crippen molar-refractivity contribution in [3.63, 3.8) is 0 Å². The van der Waals surface area contributed by atoms with Crippen molar-refractivity contribution in [1.29, 1.82) is 0 Å². The summed E-state index contributed by atoms with van der Waals surface area (Å²) in [6.45, 7) is 4.16. The summed E-state index contributed by atoms with van der Waals surface area (Å²) in [6.07, 6.45) is 1.61. The average Bonchev–Trinajstić information content (AvgIpc) is 2.70. The van der Waals surface area contributed by atoms with Crippen LogP contribution in [0.3, 0.4) is 0 Å². The van der Waals surface area contributed by atoms with Crippen LogP contribution in [0.1, 0.15) is 11.3 Å². The Labute approximate surface area is 158 Å². The summed E-state index contributed by atoms with van der Waals surface area (Å²) in [4.78, 5) is 26.8. The van der Waals surface area contributed by atoms with E-state index in [1.54, 1.807) is 16.8 Å². The lowest BCUT2D eigenvalue weighted by Crippen LogP contribution is -2.37. The van der Waals surface area contributed by atoms with Crippen LogP contribution in [0.15, 0.2) is 47.4 Å². The number of aromatic nitrogens is 1. The standard InChI is InChI=1S/C20H25N3O4/c1-26-19-14-23(15-20(25)21-12-16-5-3-2-4-6-16)17(11-18(19)24)13-22-7-9-27-10-8-22/h2-6,11,14H,7-10,12-13,15H2,1H3,(H,21,25). The van der Waals surface area contributed by atoms with Crippen molar-refractivity contribution in [3.8, 4) is 5.75 Å². The van der Waals surface area contributed by atoms with Gasteiger partial charge in [0, 0.05) is 37.9 Å². The number of nitrogens with one attached hydrogen (secondary N) is 1. The van der Waals surface area contributed by atoms with Gasteiger partial charge >= 0.3 is 0 Å². The number of carbonyl (C=O) groups excluding carboxylic acids is 1. The number of methoxy groups -OCH3 is 1. The van der Waals surface area contributed by atoms with Crippen molar-refractivity contribution in [3.05, 3.63) is 64.1 Å². The molecule has 27 heavy (non-hydrogen) atoms. The largest absolute Gasteiger partial charge is 0.491 e. The van der Waals surface area contributed by atoms with Crippen LogP contribution < -0.4 is 15.5 Å². The van der Waals surface area contributed by atoms with E-state index < -0.39 is 0 Å². The fourth-order valence-corrected chi connectivity index (χ4v) is 3.03. The zero-order chi connectivity index (χ0) is 19.1. The highest BCUT2D eigenvalue weighted by Crippen LogP contribution is 2.11. The molecule has 1 fully saturated rings. The van der Waals surface area contributed by atoms with Gasteiger partial charge in [-0.25, -0.2) is 0 Å². The lowest BCUT2D eigenvalue weighted by Gasteiger charge is -2.27. The van der Waals surface area contributed by atoms with Gasteiger partial charge in [-0.05, 0) is 5.56 Å². The maximum Gasteiger partial charge on any atom is 0.240 e. The first kappa shape index (κ1) is 19.1. The second kappa shape index (κ2) is 9.34. The number of hydrogen-bond acceptors (Lipinski definition) is 5. The van der Waals surface area contributed by atoms with Crippen molar-refractivity contribution in [2.45, 2.75) is 19.6 Å². The molecule has 1 aliphatic rings. The third-order valence-corrected chi connectivity index (χ3v) is 4.54. The molecule has 0 bridgehead atoms. The summed E-state index contributed by atoms with van der Waals surface area (Å²) in [7, 11) is 1.46. The molecule has 144 valence electrons. The van der Waals surface area contributed by atoms with Gasteiger partial charge in [-0.2, -0.15) is 0 Å². The van der Waals surface area contributed by atoms with Gasteiger partial charge in [0.1, 0.15) is 6.54 Å². The van der Waals surface area contributed by atoms with Crippen molar-refractivity contribution in [2.24, 2.45) is 0 Å². The molecule has 1 aliphatic heterocycles. The summed E-state index contributed by atoms with van der Waals surface area (Å²) in [5.41, 5.74) is 1.65. The second-order valence-corrected chi connectivity index (χ2v) is 6.48. The monoisotopic (exact) mass is 371 g/mol. The molecular formula is C20H25N3O4. The Bertz CT molecular complexity index is 814. The molecule has 0 saturated carbocycles. The maximum atomic E-state index is 12.4. The number of rotatable bonds is 7. The molecule has 0 spiro atoms. The van der Waals surface area contributed by atoms with Gasteiger partial charge in [0.05, 0.1) is 26.5 Å².